The lowest BCUT2D eigenvalue weighted by Gasteiger charge is -2.31. The quantitative estimate of drug-likeness (QED) is 0.711. The van der Waals surface area contributed by atoms with E-state index in [4.69, 9.17) is 4.98 Å². The summed E-state index contributed by atoms with van der Waals surface area (Å²) < 4.78 is 16.1. The van der Waals surface area contributed by atoms with E-state index in [1.54, 1.807) is 10.6 Å². The van der Waals surface area contributed by atoms with Crippen LogP contribution in [-0.2, 0) is 6.54 Å². The first-order chi connectivity index (χ1) is 13.0. The van der Waals surface area contributed by atoms with Crippen LogP contribution in [0.5, 0.6) is 0 Å². The van der Waals surface area contributed by atoms with Crippen LogP contribution in [0.15, 0.2) is 21.4 Å². The second-order valence-corrected chi connectivity index (χ2v) is 8.15. The molecule has 0 spiro atoms. The van der Waals surface area contributed by atoms with Crippen LogP contribution in [0, 0.1) is 5.82 Å². The highest BCUT2D eigenvalue weighted by molar-refractivity contribution is 9.10. The molecule has 0 bridgehead atoms. The largest absolute Gasteiger partial charge is 0.305 e. The minimum absolute atomic E-state index is 0.0743. The summed E-state index contributed by atoms with van der Waals surface area (Å²) in [5, 5.41) is 0.458. The minimum Gasteiger partial charge on any atom is -0.305 e. The summed E-state index contributed by atoms with van der Waals surface area (Å²) in [6.07, 6.45) is 3.03. The van der Waals surface area contributed by atoms with Crippen molar-refractivity contribution in [1.29, 1.82) is 0 Å². The number of halogens is 2. The molecule has 2 aromatic rings. The van der Waals surface area contributed by atoms with Gasteiger partial charge in [-0.1, -0.05) is 13.3 Å². The molecule has 0 radical (unpaired) electrons. The van der Waals surface area contributed by atoms with Crippen molar-refractivity contribution in [2.75, 3.05) is 33.2 Å². The standard InChI is InChI=1S/C20H28BrFN4O/c1-4-7-18(25-9-6-8-24(3)10-11-25)19-23-17-13-16(22)15(21)12-14(17)20(27)26(19)5-2/h12-13,18H,4-11H2,1-3H3/t18-/m1/s1. The molecular formula is C20H28BrFN4O. The Kier molecular flexibility index (Phi) is 6.65. The lowest BCUT2D eigenvalue weighted by Crippen LogP contribution is -2.37. The zero-order valence-electron chi connectivity index (χ0n) is 16.3. The fourth-order valence-electron chi connectivity index (χ4n) is 3.92. The molecule has 27 heavy (non-hydrogen) atoms. The van der Waals surface area contributed by atoms with Crippen LogP contribution in [0.2, 0.25) is 0 Å². The number of fused-ring (bicyclic) bond motifs is 1. The summed E-state index contributed by atoms with van der Waals surface area (Å²) in [7, 11) is 2.15. The van der Waals surface area contributed by atoms with E-state index in [0.29, 0.717) is 21.9 Å². The fourth-order valence-corrected chi connectivity index (χ4v) is 4.26. The number of hydrogen-bond acceptors (Lipinski definition) is 4. The molecule has 1 aliphatic rings. The second-order valence-electron chi connectivity index (χ2n) is 7.30. The number of likely N-dealkylation sites (N-methyl/N-ethyl adjacent to an activating group) is 1. The van der Waals surface area contributed by atoms with Gasteiger partial charge in [-0.05, 0) is 55.4 Å². The molecule has 2 heterocycles. The van der Waals surface area contributed by atoms with E-state index in [-0.39, 0.29) is 11.6 Å². The predicted molar refractivity (Wildman–Crippen MR) is 111 cm³/mol. The Labute approximate surface area is 168 Å². The summed E-state index contributed by atoms with van der Waals surface area (Å²) >= 11 is 3.18. The van der Waals surface area contributed by atoms with E-state index in [1.807, 2.05) is 6.92 Å². The maximum atomic E-state index is 14.1. The molecule has 0 amide bonds. The van der Waals surface area contributed by atoms with Crippen molar-refractivity contribution in [3.05, 3.63) is 38.6 Å². The van der Waals surface area contributed by atoms with Crippen LogP contribution in [0.1, 0.15) is 45.0 Å². The summed E-state index contributed by atoms with van der Waals surface area (Å²) in [5.41, 5.74) is 0.347. The van der Waals surface area contributed by atoms with Crippen molar-refractivity contribution in [3.63, 3.8) is 0 Å². The van der Waals surface area contributed by atoms with Crippen LogP contribution in [-0.4, -0.2) is 52.6 Å². The monoisotopic (exact) mass is 438 g/mol. The van der Waals surface area contributed by atoms with Crippen LogP contribution < -0.4 is 5.56 Å². The van der Waals surface area contributed by atoms with Gasteiger partial charge in [-0.25, -0.2) is 9.37 Å². The maximum Gasteiger partial charge on any atom is 0.261 e. The molecule has 5 nitrogen and oxygen atoms in total. The van der Waals surface area contributed by atoms with Crippen LogP contribution in [0.25, 0.3) is 10.9 Å². The Balaban J connectivity index is 2.13. The van der Waals surface area contributed by atoms with Crippen LogP contribution in [0.4, 0.5) is 4.39 Å². The molecule has 0 unspecified atom stereocenters. The van der Waals surface area contributed by atoms with E-state index in [0.717, 1.165) is 51.3 Å². The average molecular weight is 439 g/mol. The second kappa shape index (κ2) is 8.80. The molecule has 1 fully saturated rings. The number of hydrogen-bond donors (Lipinski definition) is 0. The Bertz CT molecular complexity index is 869. The van der Waals surface area contributed by atoms with E-state index in [2.05, 4.69) is 39.7 Å². The predicted octanol–water partition coefficient (Wildman–Crippen LogP) is 3.80. The molecule has 0 N–H and O–H groups in total. The number of benzene rings is 1. The van der Waals surface area contributed by atoms with Gasteiger partial charge in [0.2, 0.25) is 0 Å². The third-order valence-electron chi connectivity index (χ3n) is 5.40. The van der Waals surface area contributed by atoms with E-state index >= 15 is 0 Å². The van der Waals surface area contributed by atoms with E-state index < -0.39 is 5.82 Å². The Hall–Kier alpha value is -1.31. The molecule has 1 aromatic carbocycles. The Morgan fingerprint density at radius 1 is 1.22 bits per heavy atom. The lowest BCUT2D eigenvalue weighted by atomic mass is 10.1. The van der Waals surface area contributed by atoms with Crippen molar-refractivity contribution in [1.82, 2.24) is 19.4 Å². The normalized spacial score (nSPS) is 18.0. The van der Waals surface area contributed by atoms with Crippen molar-refractivity contribution >= 4 is 26.8 Å². The minimum atomic E-state index is -0.391. The topological polar surface area (TPSA) is 41.4 Å². The average Bonchev–Trinajstić information content (AvgIpc) is 2.86. The zero-order valence-corrected chi connectivity index (χ0v) is 17.9. The van der Waals surface area contributed by atoms with Gasteiger partial charge < -0.3 is 4.90 Å². The lowest BCUT2D eigenvalue weighted by molar-refractivity contribution is 0.180. The highest BCUT2D eigenvalue weighted by Crippen LogP contribution is 2.27. The fraction of sp³-hybridized carbons (Fsp3) is 0.600. The van der Waals surface area contributed by atoms with Crippen molar-refractivity contribution in [2.45, 2.75) is 45.7 Å². The first-order valence-electron chi connectivity index (χ1n) is 9.78. The van der Waals surface area contributed by atoms with Gasteiger partial charge in [0.05, 0.1) is 21.4 Å². The smallest absolute Gasteiger partial charge is 0.261 e. The molecule has 0 aliphatic carbocycles. The summed E-state index contributed by atoms with van der Waals surface area (Å²) in [5.74, 6) is 0.376. The van der Waals surface area contributed by atoms with Gasteiger partial charge in [0, 0.05) is 32.2 Å². The Morgan fingerprint density at radius 2 is 2.00 bits per heavy atom. The van der Waals surface area contributed by atoms with E-state index in [9.17, 15) is 9.18 Å². The summed E-state index contributed by atoms with van der Waals surface area (Å²) in [4.78, 5) is 22.7. The molecule has 1 atom stereocenters. The molecule has 3 rings (SSSR count). The summed E-state index contributed by atoms with van der Waals surface area (Å²) in [6, 6.07) is 2.99. The van der Waals surface area contributed by atoms with Crippen LogP contribution >= 0.6 is 15.9 Å². The molecule has 0 saturated carbocycles. The van der Waals surface area contributed by atoms with Crippen molar-refractivity contribution < 1.29 is 4.39 Å². The Morgan fingerprint density at radius 3 is 2.70 bits per heavy atom. The van der Waals surface area contributed by atoms with Crippen LogP contribution in [0.3, 0.4) is 0 Å². The van der Waals surface area contributed by atoms with Gasteiger partial charge in [-0.15, -0.1) is 0 Å². The number of rotatable bonds is 5. The number of nitrogens with zero attached hydrogens (tertiary/aromatic N) is 4. The first kappa shape index (κ1) is 20.4. The van der Waals surface area contributed by atoms with Gasteiger partial charge in [-0.2, -0.15) is 0 Å². The highest BCUT2D eigenvalue weighted by atomic mass is 79.9. The molecule has 1 aromatic heterocycles. The van der Waals surface area contributed by atoms with Gasteiger partial charge in [0.1, 0.15) is 11.6 Å². The van der Waals surface area contributed by atoms with Gasteiger partial charge in [0.15, 0.2) is 0 Å². The summed E-state index contributed by atoms with van der Waals surface area (Å²) in [6.45, 7) is 8.71. The maximum absolute atomic E-state index is 14.1. The first-order valence-corrected chi connectivity index (χ1v) is 10.6. The third-order valence-corrected chi connectivity index (χ3v) is 6.00. The van der Waals surface area contributed by atoms with Crippen molar-refractivity contribution in [2.24, 2.45) is 0 Å². The highest BCUT2D eigenvalue weighted by Gasteiger charge is 2.26. The van der Waals surface area contributed by atoms with E-state index in [1.165, 1.54) is 6.07 Å². The third kappa shape index (κ3) is 4.25. The van der Waals surface area contributed by atoms with Crippen molar-refractivity contribution in [3.8, 4) is 0 Å². The molecule has 148 valence electrons. The van der Waals surface area contributed by atoms with Gasteiger partial charge >= 0.3 is 0 Å². The van der Waals surface area contributed by atoms with Gasteiger partial charge in [-0.3, -0.25) is 14.3 Å². The zero-order chi connectivity index (χ0) is 19.6. The molecule has 7 heteroatoms. The number of aromatic nitrogens is 2. The molecule has 1 saturated heterocycles. The molecular weight excluding hydrogens is 411 g/mol. The van der Waals surface area contributed by atoms with Gasteiger partial charge in [0.25, 0.3) is 5.56 Å². The SMILES string of the molecule is CCC[C@H](c1nc2cc(F)c(Br)cc2c(=O)n1CC)N1CCCN(C)CC1. The molecule has 1 aliphatic heterocycles.